The van der Waals surface area contributed by atoms with Crippen molar-refractivity contribution in [3.05, 3.63) is 35.8 Å². The van der Waals surface area contributed by atoms with Gasteiger partial charge in [-0.25, -0.2) is 0 Å². The van der Waals surface area contributed by atoms with E-state index in [4.69, 9.17) is 0 Å². The molecule has 2 aromatic heterocycles. The molecule has 2 aliphatic heterocycles. The lowest BCUT2D eigenvalue weighted by molar-refractivity contribution is 0.494. The van der Waals surface area contributed by atoms with Gasteiger partial charge in [-0.1, -0.05) is 0 Å². The Morgan fingerprint density at radius 1 is 1.30 bits per heavy atom. The minimum atomic E-state index is 0.456. The van der Waals surface area contributed by atoms with Crippen molar-refractivity contribution in [3.63, 3.8) is 0 Å². The first-order valence-electron chi connectivity index (χ1n) is 7.07. The molecule has 1 fully saturated rings. The zero-order chi connectivity index (χ0) is 13.4. The molecule has 0 spiro atoms. The summed E-state index contributed by atoms with van der Waals surface area (Å²) in [6.07, 6.45) is 6.07. The van der Waals surface area contributed by atoms with Gasteiger partial charge in [0, 0.05) is 37.7 Å². The highest BCUT2D eigenvalue weighted by atomic mass is 32.2. The second-order valence-corrected chi connectivity index (χ2v) is 6.46. The van der Waals surface area contributed by atoms with Crippen LogP contribution >= 0.6 is 11.8 Å². The van der Waals surface area contributed by atoms with Crippen LogP contribution in [0.5, 0.6) is 0 Å². The molecule has 0 radical (unpaired) electrons. The number of rotatable bonds is 2. The van der Waals surface area contributed by atoms with Gasteiger partial charge < -0.3 is 4.90 Å². The molecule has 5 nitrogen and oxygen atoms in total. The van der Waals surface area contributed by atoms with E-state index in [0.717, 1.165) is 37.5 Å². The number of fused-ring (bicyclic) bond motifs is 1. The van der Waals surface area contributed by atoms with Crippen LogP contribution in [-0.2, 0) is 12.2 Å². The van der Waals surface area contributed by atoms with Gasteiger partial charge in [0.25, 0.3) is 0 Å². The largest absolute Gasteiger partial charge is 0.353 e. The third-order valence-electron chi connectivity index (χ3n) is 4.07. The fourth-order valence-electron chi connectivity index (χ4n) is 2.95. The van der Waals surface area contributed by atoms with E-state index in [1.807, 2.05) is 30.2 Å². The van der Waals surface area contributed by atoms with Gasteiger partial charge in [-0.3, -0.25) is 4.68 Å². The normalized spacial score (nSPS) is 22.0. The summed E-state index contributed by atoms with van der Waals surface area (Å²) in [5, 5.41) is 13.2. The quantitative estimate of drug-likeness (QED) is 0.844. The Labute approximate surface area is 122 Å². The third-order valence-corrected chi connectivity index (χ3v) is 5.08. The lowest BCUT2D eigenvalue weighted by atomic mass is 10.2. The van der Waals surface area contributed by atoms with Crippen LogP contribution in [-0.4, -0.2) is 38.8 Å². The topological polar surface area (TPSA) is 46.8 Å². The van der Waals surface area contributed by atoms with Crippen molar-refractivity contribution in [2.75, 3.05) is 23.7 Å². The van der Waals surface area contributed by atoms with Gasteiger partial charge in [0.05, 0.1) is 11.7 Å². The van der Waals surface area contributed by atoms with Gasteiger partial charge in [-0.05, 0) is 29.9 Å². The summed E-state index contributed by atoms with van der Waals surface area (Å²) in [6, 6.07) is 4.68. The minimum Gasteiger partial charge on any atom is -0.353 e. The summed E-state index contributed by atoms with van der Waals surface area (Å²) < 4.78 is 2.06. The minimum absolute atomic E-state index is 0.456. The van der Waals surface area contributed by atoms with Crippen LogP contribution < -0.4 is 4.90 Å². The number of aromatic nitrogens is 4. The maximum absolute atomic E-state index is 4.43. The first kappa shape index (κ1) is 12.2. The molecule has 0 saturated carbocycles. The Bertz CT molecular complexity index is 598. The van der Waals surface area contributed by atoms with Crippen LogP contribution in [0.15, 0.2) is 24.5 Å². The predicted octanol–water partition coefficient (Wildman–Crippen LogP) is 1.91. The fraction of sp³-hybridized carbons (Fsp3) is 0.500. The van der Waals surface area contributed by atoms with Crippen molar-refractivity contribution < 1.29 is 0 Å². The maximum atomic E-state index is 4.43. The second kappa shape index (κ2) is 5.09. The Morgan fingerprint density at radius 2 is 2.30 bits per heavy atom. The van der Waals surface area contributed by atoms with Crippen LogP contribution in [0.4, 0.5) is 5.82 Å². The van der Waals surface area contributed by atoms with E-state index in [1.165, 1.54) is 17.0 Å². The molecule has 6 heteroatoms. The van der Waals surface area contributed by atoms with Gasteiger partial charge in [0.1, 0.15) is 0 Å². The summed E-state index contributed by atoms with van der Waals surface area (Å²) >= 11 is 1.99. The molecular weight excluding hydrogens is 270 g/mol. The summed E-state index contributed by atoms with van der Waals surface area (Å²) in [4.78, 5) is 2.33. The van der Waals surface area contributed by atoms with E-state index < -0.39 is 0 Å². The van der Waals surface area contributed by atoms with Crippen LogP contribution in [0.1, 0.15) is 23.7 Å². The number of hydrogen-bond donors (Lipinski definition) is 0. The molecule has 4 heterocycles. The van der Waals surface area contributed by atoms with Crippen molar-refractivity contribution in [2.45, 2.75) is 24.6 Å². The molecule has 2 aliphatic rings. The highest BCUT2D eigenvalue weighted by Gasteiger charge is 2.26. The maximum Gasteiger partial charge on any atom is 0.151 e. The van der Waals surface area contributed by atoms with Crippen molar-refractivity contribution in [2.24, 2.45) is 0 Å². The predicted molar refractivity (Wildman–Crippen MR) is 80.0 cm³/mol. The van der Waals surface area contributed by atoms with Crippen molar-refractivity contribution in [3.8, 4) is 0 Å². The van der Waals surface area contributed by atoms with Gasteiger partial charge >= 0.3 is 0 Å². The molecule has 4 rings (SSSR count). The first-order valence-corrected chi connectivity index (χ1v) is 8.23. The van der Waals surface area contributed by atoms with Gasteiger partial charge in [-0.2, -0.15) is 22.0 Å². The molecule has 104 valence electrons. The van der Waals surface area contributed by atoms with E-state index in [-0.39, 0.29) is 0 Å². The fourth-order valence-corrected chi connectivity index (χ4v) is 3.90. The Kier molecular flexibility index (Phi) is 3.10. The van der Waals surface area contributed by atoms with Crippen molar-refractivity contribution in [1.82, 2.24) is 20.0 Å². The summed E-state index contributed by atoms with van der Waals surface area (Å²) in [6.45, 7) is 2.01. The van der Waals surface area contributed by atoms with Crippen molar-refractivity contribution in [1.29, 1.82) is 0 Å². The Hall–Kier alpha value is -1.56. The average molecular weight is 287 g/mol. The molecule has 0 N–H and O–H groups in total. The van der Waals surface area contributed by atoms with Crippen LogP contribution in [0.2, 0.25) is 0 Å². The summed E-state index contributed by atoms with van der Waals surface area (Å²) in [7, 11) is 0. The number of nitrogens with zero attached hydrogens (tertiary/aromatic N) is 5. The van der Waals surface area contributed by atoms with Crippen LogP contribution in [0.3, 0.4) is 0 Å². The highest BCUT2D eigenvalue weighted by molar-refractivity contribution is 7.98. The Balaban J connectivity index is 1.54. The van der Waals surface area contributed by atoms with Crippen molar-refractivity contribution >= 4 is 17.6 Å². The van der Waals surface area contributed by atoms with Gasteiger partial charge in [-0.15, -0.1) is 5.10 Å². The van der Waals surface area contributed by atoms with Crippen LogP contribution in [0, 0.1) is 0 Å². The van der Waals surface area contributed by atoms with E-state index in [9.17, 15) is 0 Å². The zero-order valence-electron chi connectivity index (χ0n) is 11.3. The van der Waals surface area contributed by atoms with E-state index in [0.29, 0.717) is 6.04 Å². The van der Waals surface area contributed by atoms with Gasteiger partial charge in [0.2, 0.25) is 0 Å². The molecule has 1 atom stereocenters. The molecular formula is C14H17N5S. The van der Waals surface area contributed by atoms with E-state index >= 15 is 0 Å². The van der Waals surface area contributed by atoms with E-state index in [1.54, 1.807) is 0 Å². The monoisotopic (exact) mass is 287 g/mol. The Morgan fingerprint density at radius 3 is 3.20 bits per heavy atom. The lowest BCUT2D eigenvalue weighted by Crippen LogP contribution is -2.23. The van der Waals surface area contributed by atoms with Gasteiger partial charge in [0.15, 0.2) is 5.82 Å². The molecule has 0 bridgehead atoms. The summed E-state index contributed by atoms with van der Waals surface area (Å²) in [5.74, 6) is 3.28. The lowest BCUT2D eigenvalue weighted by Gasteiger charge is -2.20. The molecule has 20 heavy (non-hydrogen) atoms. The third kappa shape index (κ3) is 2.18. The standard InChI is InChI=1S/C14H17N5S/c1-4-15-19(5-1)12-2-6-18(9-12)14-8-11-10-20-7-3-13(11)16-17-14/h1,4-5,8,12H,2-3,6-7,9-10H2. The number of hydrogen-bond acceptors (Lipinski definition) is 5. The highest BCUT2D eigenvalue weighted by Crippen LogP contribution is 2.29. The molecule has 0 amide bonds. The molecule has 1 unspecified atom stereocenters. The summed E-state index contributed by atoms with van der Waals surface area (Å²) in [5.41, 5.74) is 2.56. The number of anilines is 1. The molecule has 0 aliphatic carbocycles. The first-order chi connectivity index (χ1) is 9.90. The number of aryl methyl sites for hydroxylation is 1. The molecule has 2 aromatic rings. The SMILES string of the molecule is c1cnn(C2CCN(c3cc4c(nn3)CCSC4)C2)c1. The molecule has 0 aromatic carbocycles. The average Bonchev–Trinajstić information content (AvgIpc) is 3.17. The molecule has 1 saturated heterocycles. The smallest absolute Gasteiger partial charge is 0.151 e. The zero-order valence-corrected chi connectivity index (χ0v) is 12.1. The second-order valence-electron chi connectivity index (χ2n) is 5.35. The number of thioether (sulfide) groups is 1. The van der Waals surface area contributed by atoms with Crippen LogP contribution in [0.25, 0.3) is 0 Å². The van der Waals surface area contributed by atoms with E-state index in [2.05, 4.69) is 30.9 Å².